The zero-order valence-corrected chi connectivity index (χ0v) is 11.5. The fraction of sp³-hybridized carbons (Fsp3) is 0.733. The second-order valence-corrected chi connectivity index (χ2v) is 6.87. The molecule has 0 bridgehead atoms. The number of hydrogen-bond donors (Lipinski definition) is 1. The lowest BCUT2D eigenvalue weighted by atomic mass is 10.1. The summed E-state index contributed by atoms with van der Waals surface area (Å²) in [5.41, 5.74) is 1.10. The van der Waals surface area contributed by atoms with Crippen LogP contribution in [0.4, 0.5) is 0 Å². The molecule has 0 aliphatic heterocycles. The van der Waals surface area contributed by atoms with Crippen molar-refractivity contribution < 1.29 is 5.11 Å². The molecule has 1 aromatic rings. The van der Waals surface area contributed by atoms with Crippen LogP contribution in [0.25, 0.3) is 0 Å². The molecule has 0 amide bonds. The average molecular weight is 250 g/mol. The van der Waals surface area contributed by atoms with Crippen molar-refractivity contribution in [2.24, 2.45) is 5.92 Å². The molecule has 2 aliphatic rings. The molecule has 0 spiro atoms. The monoisotopic (exact) mass is 250 g/mol. The van der Waals surface area contributed by atoms with Gasteiger partial charge in [0, 0.05) is 9.75 Å². The zero-order valence-electron chi connectivity index (χ0n) is 10.7. The van der Waals surface area contributed by atoms with Crippen LogP contribution in [-0.4, -0.2) is 5.11 Å². The normalized spacial score (nSPS) is 32.0. The van der Waals surface area contributed by atoms with Crippen molar-refractivity contribution in [1.29, 1.82) is 0 Å². The van der Waals surface area contributed by atoms with Crippen LogP contribution in [0, 0.1) is 5.92 Å². The fourth-order valence-corrected chi connectivity index (χ4v) is 4.62. The molecular weight excluding hydrogens is 228 g/mol. The van der Waals surface area contributed by atoms with E-state index >= 15 is 0 Å². The van der Waals surface area contributed by atoms with Crippen LogP contribution in [-0.2, 0) is 18.4 Å². The van der Waals surface area contributed by atoms with Gasteiger partial charge in [-0.25, -0.2) is 0 Å². The smallest absolute Gasteiger partial charge is 0.102 e. The molecule has 1 fully saturated rings. The van der Waals surface area contributed by atoms with E-state index in [9.17, 15) is 5.11 Å². The quantitative estimate of drug-likeness (QED) is 0.803. The summed E-state index contributed by atoms with van der Waals surface area (Å²) in [4.78, 5) is 2.83. The summed E-state index contributed by atoms with van der Waals surface area (Å²) < 4.78 is 0. The van der Waals surface area contributed by atoms with Crippen LogP contribution >= 0.6 is 11.3 Å². The van der Waals surface area contributed by atoms with Crippen LogP contribution < -0.4 is 0 Å². The van der Waals surface area contributed by atoms with Crippen LogP contribution in [0.3, 0.4) is 0 Å². The Labute approximate surface area is 108 Å². The highest BCUT2D eigenvalue weighted by Gasteiger charge is 2.54. The second kappa shape index (κ2) is 4.40. The minimum Gasteiger partial charge on any atom is -0.384 e. The highest BCUT2D eigenvalue weighted by atomic mass is 32.1. The molecule has 2 heteroatoms. The third-order valence-corrected chi connectivity index (χ3v) is 5.79. The number of hydrogen-bond acceptors (Lipinski definition) is 2. The predicted octanol–water partition coefficient (Wildman–Crippen LogP) is 4.02. The van der Waals surface area contributed by atoms with Crippen molar-refractivity contribution in [2.45, 2.75) is 63.9 Å². The molecule has 0 aromatic carbocycles. The van der Waals surface area contributed by atoms with Gasteiger partial charge in [0.2, 0.25) is 0 Å². The van der Waals surface area contributed by atoms with Gasteiger partial charge in [0.15, 0.2) is 0 Å². The van der Waals surface area contributed by atoms with E-state index in [1.54, 1.807) is 4.88 Å². The van der Waals surface area contributed by atoms with Gasteiger partial charge in [-0.2, -0.15) is 0 Å². The van der Waals surface area contributed by atoms with Crippen molar-refractivity contribution in [2.75, 3.05) is 0 Å². The molecule has 1 N–H and O–H groups in total. The molecule has 3 rings (SSSR count). The van der Waals surface area contributed by atoms with Crippen molar-refractivity contribution in [3.8, 4) is 0 Å². The Bertz CT molecular complexity index is 386. The maximum Gasteiger partial charge on any atom is 0.102 e. The van der Waals surface area contributed by atoms with Gasteiger partial charge in [-0.05, 0) is 56.1 Å². The maximum atomic E-state index is 10.6. The lowest BCUT2D eigenvalue weighted by Gasteiger charge is -2.07. The Kier molecular flexibility index (Phi) is 3.04. The van der Waals surface area contributed by atoms with E-state index in [1.165, 1.54) is 55.4 Å². The van der Waals surface area contributed by atoms with Crippen molar-refractivity contribution in [3.05, 3.63) is 21.4 Å². The van der Waals surface area contributed by atoms with E-state index in [1.807, 2.05) is 11.3 Å². The van der Waals surface area contributed by atoms with Gasteiger partial charge in [0.25, 0.3) is 0 Å². The van der Waals surface area contributed by atoms with Gasteiger partial charge >= 0.3 is 0 Å². The Balaban J connectivity index is 1.81. The molecule has 0 radical (unpaired) electrons. The first-order valence-electron chi connectivity index (χ1n) is 7.08. The Morgan fingerprint density at radius 2 is 2.18 bits per heavy atom. The lowest BCUT2D eigenvalue weighted by Crippen LogP contribution is -2.06. The number of rotatable bonds is 3. The van der Waals surface area contributed by atoms with E-state index in [2.05, 4.69) is 13.0 Å². The molecule has 2 aliphatic carbocycles. The van der Waals surface area contributed by atoms with E-state index < -0.39 is 5.60 Å². The standard InChI is InChI=1S/C15H22OS/c1-2-6-12-10-15(12,16)14-9-11-7-4-3-5-8-13(11)17-14/h9,12,16H,2-8,10H2,1H3. The fourth-order valence-electron chi connectivity index (χ4n) is 3.19. The Morgan fingerprint density at radius 1 is 1.35 bits per heavy atom. The summed E-state index contributed by atoms with van der Waals surface area (Å²) in [5, 5.41) is 10.6. The topological polar surface area (TPSA) is 20.2 Å². The molecule has 1 aromatic heterocycles. The molecule has 1 heterocycles. The molecule has 17 heavy (non-hydrogen) atoms. The predicted molar refractivity (Wildman–Crippen MR) is 72.5 cm³/mol. The highest BCUT2D eigenvalue weighted by Crippen LogP contribution is 2.56. The third kappa shape index (κ3) is 2.06. The number of aliphatic hydroxyl groups is 1. The minimum absolute atomic E-state index is 0.438. The summed E-state index contributed by atoms with van der Waals surface area (Å²) >= 11 is 1.90. The molecule has 2 unspecified atom stereocenters. The lowest BCUT2D eigenvalue weighted by molar-refractivity contribution is 0.133. The summed E-state index contributed by atoms with van der Waals surface area (Å²) in [5.74, 6) is 0.537. The number of aryl methyl sites for hydroxylation is 2. The summed E-state index contributed by atoms with van der Waals surface area (Å²) in [6, 6.07) is 2.32. The Morgan fingerprint density at radius 3 is 3.00 bits per heavy atom. The van der Waals surface area contributed by atoms with Crippen LogP contribution in [0.15, 0.2) is 6.07 Å². The van der Waals surface area contributed by atoms with E-state index in [0.29, 0.717) is 5.92 Å². The maximum absolute atomic E-state index is 10.6. The SMILES string of the molecule is CCCC1CC1(O)c1cc2c(s1)CCCCC2. The van der Waals surface area contributed by atoms with Crippen LogP contribution in [0.2, 0.25) is 0 Å². The molecule has 94 valence electrons. The number of fused-ring (bicyclic) bond motifs is 1. The van der Waals surface area contributed by atoms with Crippen LogP contribution in [0.5, 0.6) is 0 Å². The van der Waals surface area contributed by atoms with Crippen molar-refractivity contribution in [1.82, 2.24) is 0 Å². The molecule has 0 saturated heterocycles. The van der Waals surface area contributed by atoms with Gasteiger partial charge in [-0.1, -0.05) is 19.8 Å². The first-order valence-corrected chi connectivity index (χ1v) is 7.90. The minimum atomic E-state index is -0.438. The zero-order chi connectivity index (χ0) is 11.9. The molecule has 2 atom stereocenters. The highest BCUT2D eigenvalue weighted by molar-refractivity contribution is 7.12. The van der Waals surface area contributed by atoms with E-state index in [-0.39, 0.29) is 0 Å². The summed E-state index contributed by atoms with van der Waals surface area (Å²) in [7, 11) is 0. The average Bonchev–Trinajstić information content (AvgIpc) is 2.88. The molecule has 1 saturated carbocycles. The van der Waals surface area contributed by atoms with Crippen molar-refractivity contribution >= 4 is 11.3 Å². The second-order valence-electron chi connectivity index (χ2n) is 5.73. The van der Waals surface area contributed by atoms with Gasteiger partial charge in [-0.3, -0.25) is 0 Å². The van der Waals surface area contributed by atoms with Gasteiger partial charge in [0.05, 0.1) is 0 Å². The molecular formula is C15H22OS. The first-order chi connectivity index (χ1) is 8.24. The van der Waals surface area contributed by atoms with E-state index in [4.69, 9.17) is 0 Å². The van der Waals surface area contributed by atoms with Gasteiger partial charge < -0.3 is 5.11 Å². The van der Waals surface area contributed by atoms with Gasteiger partial charge in [0.1, 0.15) is 5.60 Å². The van der Waals surface area contributed by atoms with E-state index in [0.717, 1.165) is 6.42 Å². The number of thiophene rings is 1. The van der Waals surface area contributed by atoms with Crippen LogP contribution in [0.1, 0.15) is 60.8 Å². The summed E-state index contributed by atoms with van der Waals surface area (Å²) in [6.45, 7) is 2.21. The van der Waals surface area contributed by atoms with Crippen molar-refractivity contribution in [3.63, 3.8) is 0 Å². The first kappa shape index (κ1) is 11.7. The largest absolute Gasteiger partial charge is 0.384 e. The molecule has 1 nitrogen and oxygen atoms in total. The third-order valence-electron chi connectivity index (χ3n) is 4.38. The summed E-state index contributed by atoms with van der Waals surface area (Å²) in [6.07, 6.45) is 9.90. The van der Waals surface area contributed by atoms with Gasteiger partial charge in [-0.15, -0.1) is 11.3 Å². The Hall–Kier alpha value is -0.340.